The van der Waals surface area contributed by atoms with Crippen LogP contribution in [-0.2, 0) is 0 Å². The van der Waals surface area contributed by atoms with E-state index < -0.39 is 0 Å². The molecular weight excluding hydrogens is 262 g/mol. The largest absolute Gasteiger partial charge is 0.431 e. The van der Waals surface area contributed by atoms with Crippen molar-refractivity contribution in [2.24, 2.45) is 0 Å². The van der Waals surface area contributed by atoms with Crippen LogP contribution in [0.2, 0.25) is 0 Å². The van der Waals surface area contributed by atoms with E-state index in [1.165, 1.54) is 4.68 Å². The number of aryl methyl sites for hydroxylation is 2. The Kier molecular flexibility index (Phi) is 2.87. The number of oxazole rings is 1. The summed E-state index contributed by atoms with van der Waals surface area (Å²) in [4.78, 5) is 16.3. The van der Waals surface area contributed by atoms with Crippen molar-refractivity contribution in [2.75, 3.05) is 0 Å². The van der Waals surface area contributed by atoms with Crippen LogP contribution >= 0.6 is 11.8 Å². The predicted octanol–water partition coefficient (Wildman–Crippen LogP) is 3.40. The summed E-state index contributed by atoms with van der Waals surface area (Å²) < 4.78 is 6.85. The molecule has 0 aliphatic heterocycles. The van der Waals surface area contributed by atoms with Crippen LogP contribution in [0.25, 0.3) is 11.1 Å². The number of hydrogen-bond acceptors (Lipinski definition) is 5. The van der Waals surface area contributed by atoms with Gasteiger partial charge in [0.2, 0.25) is 0 Å². The van der Waals surface area contributed by atoms with E-state index in [-0.39, 0.29) is 5.24 Å². The molecule has 0 N–H and O–H groups in total. The Balaban J connectivity index is 1.88. The lowest BCUT2D eigenvalue weighted by atomic mass is 10.3. The summed E-state index contributed by atoms with van der Waals surface area (Å²) >= 11 is 0.934. The Bertz CT molecular complexity index is 727. The van der Waals surface area contributed by atoms with E-state index in [0.29, 0.717) is 10.8 Å². The maximum atomic E-state index is 12.1. The van der Waals surface area contributed by atoms with Crippen LogP contribution in [0.1, 0.15) is 11.4 Å². The second kappa shape index (κ2) is 4.55. The van der Waals surface area contributed by atoms with Crippen molar-refractivity contribution in [3.63, 3.8) is 0 Å². The first-order valence-corrected chi connectivity index (χ1v) is 6.56. The summed E-state index contributed by atoms with van der Waals surface area (Å²) in [5.41, 5.74) is 3.02. The second-order valence-electron chi connectivity index (χ2n) is 4.15. The van der Waals surface area contributed by atoms with Crippen LogP contribution in [0, 0.1) is 13.8 Å². The monoisotopic (exact) mass is 273 g/mol. The van der Waals surface area contributed by atoms with Crippen LogP contribution < -0.4 is 0 Å². The zero-order chi connectivity index (χ0) is 13.4. The molecule has 0 bridgehead atoms. The molecule has 2 aromatic heterocycles. The van der Waals surface area contributed by atoms with Gasteiger partial charge in [-0.15, -0.1) is 0 Å². The molecule has 0 atom stereocenters. The number of thioether (sulfide) groups is 1. The average Bonchev–Trinajstić information content (AvgIpc) is 2.91. The Hall–Kier alpha value is -2.08. The Morgan fingerprint density at radius 2 is 2.11 bits per heavy atom. The second-order valence-corrected chi connectivity index (χ2v) is 5.06. The van der Waals surface area contributed by atoms with Crippen molar-refractivity contribution < 1.29 is 9.21 Å². The number of aromatic nitrogens is 3. The fourth-order valence-corrected chi connectivity index (χ4v) is 2.52. The van der Waals surface area contributed by atoms with Gasteiger partial charge in [0.05, 0.1) is 5.69 Å². The van der Waals surface area contributed by atoms with E-state index in [0.717, 1.165) is 28.7 Å². The number of benzene rings is 1. The Morgan fingerprint density at radius 3 is 2.79 bits per heavy atom. The lowest BCUT2D eigenvalue weighted by molar-refractivity contribution is 0.259. The maximum Gasteiger partial charge on any atom is 0.315 e. The molecule has 0 aliphatic rings. The summed E-state index contributed by atoms with van der Waals surface area (Å²) in [5.74, 6) is 0. The van der Waals surface area contributed by atoms with Crippen molar-refractivity contribution >= 4 is 28.1 Å². The summed E-state index contributed by atoms with van der Waals surface area (Å²) in [6, 6.07) is 9.26. The molecule has 0 aliphatic carbocycles. The highest BCUT2D eigenvalue weighted by Gasteiger charge is 2.16. The molecule has 0 unspecified atom stereocenters. The van der Waals surface area contributed by atoms with Gasteiger partial charge >= 0.3 is 5.24 Å². The van der Waals surface area contributed by atoms with Crippen molar-refractivity contribution in [2.45, 2.75) is 19.1 Å². The zero-order valence-electron chi connectivity index (χ0n) is 10.5. The van der Waals surface area contributed by atoms with Gasteiger partial charge in [-0.1, -0.05) is 12.1 Å². The van der Waals surface area contributed by atoms with Gasteiger partial charge in [0, 0.05) is 17.5 Å². The Labute approximate surface area is 113 Å². The Morgan fingerprint density at radius 1 is 1.32 bits per heavy atom. The van der Waals surface area contributed by atoms with Crippen molar-refractivity contribution in [3.8, 4) is 0 Å². The minimum Gasteiger partial charge on any atom is -0.431 e. The smallest absolute Gasteiger partial charge is 0.315 e. The number of fused-ring (bicyclic) bond motifs is 1. The van der Waals surface area contributed by atoms with Gasteiger partial charge in [0.15, 0.2) is 5.58 Å². The number of nitrogens with zero attached hydrogens (tertiary/aromatic N) is 3. The number of carbonyl (C=O) groups excluding carboxylic acids is 1. The molecular formula is C13H11N3O2S. The van der Waals surface area contributed by atoms with Crippen molar-refractivity contribution in [3.05, 3.63) is 41.7 Å². The van der Waals surface area contributed by atoms with E-state index in [9.17, 15) is 4.79 Å². The number of rotatable bonds is 1. The molecule has 96 valence electrons. The van der Waals surface area contributed by atoms with Gasteiger partial charge in [0.1, 0.15) is 5.52 Å². The van der Waals surface area contributed by atoms with Crippen LogP contribution in [-0.4, -0.2) is 20.0 Å². The van der Waals surface area contributed by atoms with E-state index >= 15 is 0 Å². The van der Waals surface area contributed by atoms with Crippen LogP contribution in [0.15, 0.2) is 40.0 Å². The average molecular weight is 273 g/mol. The third-order valence-electron chi connectivity index (χ3n) is 2.63. The highest BCUT2D eigenvalue weighted by molar-refractivity contribution is 8.13. The van der Waals surface area contributed by atoms with E-state index in [4.69, 9.17) is 4.42 Å². The highest BCUT2D eigenvalue weighted by Crippen LogP contribution is 2.25. The van der Waals surface area contributed by atoms with Crippen LogP contribution in [0.5, 0.6) is 0 Å². The quantitative estimate of drug-likeness (QED) is 0.636. The third-order valence-corrected chi connectivity index (χ3v) is 3.33. The summed E-state index contributed by atoms with van der Waals surface area (Å²) in [6.45, 7) is 3.69. The normalized spacial score (nSPS) is 11.1. The van der Waals surface area contributed by atoms with Gasteiger partial charge in [0.25, 0.3) is 5.22 Å². The highest BCUT2D eigenvalue weighted by atomic mass is 32.2. The first kappa shape index (κ1) is 12.0. The topological polar surface area (TPSA) is 60.9 Å². The van der Waals surface area contributed by atoms with Crippen LogP contribution in [0.3, 0.4) is 0 Å². The SMILES string of the molecule is Cc1cc(C)n(C(=O)Sc2nc3ccccc3o2)n1. The van der Waals surface area contributed by atoms with Crippen molar-refractivity contribution in [1.82, 2.24) is 14.8 Å². The molecule has 0 amide bonds. The molecule has 5 nitrogen and oxygen atoms in total. The fraction of sp³-hybridized carbons (Fsp3) is 0.154. The van der Waals surface area contributed by atoms with Gasteiger partial charge < -0.3 is 4.42 Å². The molecule has 3 aromatic rings. The minimum absolute atomic E-state index is 0.225. The molecule has 0 saturated carbocycles. The van der Waals surface area contributed by atoms with E-state index in [2.05, 4.69) is 10.1 Å². The molecule has 19 heavy (non-hydrogen) atoms. The molecule has 0 fully saturated rings. The molecule has 0 spiro atoms. The number of hydrogen-bond donors (Lipinski definition) is 0. The summed E-state index contributed by atoms with van der Waals surface area (Å²) in [5, 5.41) is 4.24. The molecule has 0 radical (unpaired) electrons. The maximum absolute atomic E-state index is 12.1. The fourth-order valence-electron chi connectivity index (χ4n) is 1.83. The lowest BCUT2D eigenvalue weighted by Gasteiger charge is -1.98. The zero-order valence-corrected chi connectivity index (χ0v) is 11.3. The first-order valence-electron chi connectivity index (χ1n) is 5.74. The molecule has 6 heteroatoms. The lowest BCUT2D eigenvalue weighted by Crippen LogP contribution is -2.09. The molecule has 1 aromatic carbocycles. The van der Waals surface area contributed by atoms with Crippen molar-refractivity contribution in [1.29, 1.82) is 0 Å². The van der Waals surface area contributed by atoms with Gasteiger partial charge in [-0.25, -0.2) is 4.98 Å². The summed E-state index contributed by atoms with van der Waals surface area (Å²) in [6.07, 6.45) is 0. The molecule has 2 heterocycles. The predicted molar refractivity (Wildman–Crippen MR) is 72.4 cm³/mol. The minimum atomic E-state index is -0.225. The van der Waals surface area contributed by atoms with Gasteiger partial charge in [-0.3, -0.25) is 4.79 Å². The standard InChI is InChI=1S/C13H11N3O2S/c1-8-7-9(2)16(15-8)13(17)19-12-14-10-5-3-4-6-11(10)18-12/h3-7H,1-2H3. The third kappa shape index (κ3) is 2.26. The van der Waals surface area contributed by atoms with Crippen LogP contribution in [0.4, 0.5) is 4.79 Å². The first-order chi connectivity index (χ1) is 9.13. The summed E-state index contributed by atoms with van der Waals surface area (Å²) in [7, 11) is 0. The van der Waals surface area contributed by atoms with E-state index in [1.807, 2.05) is 44.2 Å². The van der Waals surface area contributed by atoms with E-state index in [1.54, 1.807) is 0 Å². The van der Waals surface area contributed by atoms with Gasteiger partial charge in [-0.2, -0.15) is 9.78 Å². The molecule has 3 rings (SSSR count). The molecule has 0 saturated heterocycles. The number of carbonyl (C=O) groups is 1. The number of para-hydroxylation sites is 2. The van der Waals surface area contributed by atoms with Gasteiger partial charge in [-0.05, 0) is 32.0 Å².